The summed E-state index contributed by atoms with van der Waals surface area (Å²) in [6.45, 7) is 0. The third-order valence-electron chi connectivity index (χ3n) is 6.72. The summed E-state index contributed by atoms with van der Waals surface area (Å²) in [5, 5.41) is 3.54. The smallest absolute Gasteiger partial charge is 0.159 e. The molecule has 0 spiro atoms. The number of ether oxygens (including phenoxy) is 1. The lowest BCUT2D eigenvalue weighted by Crippen LogP contribution is -2.33. The van der Waals surface area contributed by atoms with Crippen LogP contribution in [0.1, 0.15) is 22.9 Å². The minimum absolute atomic E-state index is 0.225. The van der Waals surface area contributed by atoms with Crippen molar-refractivity contribution in [1.29, 1.82) is 0 Å². The van der Waals surface area contributed by atoms with Gasteiger partial charge in [-0.3, -0.25) is 0 Å². The molecular weight excluding hydrogens is 468 g/mol. The predicted molar refractivity (Wildman–Crippen MR) is 153 cm³/mol. The third-order valence-corrected chi connectivity index (χ3v) is 6.72. The number of nitrogens with one attached hydrogen (secondary N) is 1. The molecule has 0 saturated heterocycles. The van der Waals surface area contributed by atoms with E-state index in [4.69, 9.17) is 14.7 Å². The van der Waals surface area contributed by atoms with Gasteiger partial charge in [-0.15, -0.1) is 0 Å². The number of hydrogen-bond donors (Lipinski definition) is 1. The molecule has 2 aliphatic heterocycles. The van der Waals surface area contributed by atoms with Crippen molar-refractivity contribution in [2.75, 3.05) is 4.90 Å². The van der Waals surface area contributed by atoms with Crippen LogP contribution in [0.5, 0.6) is 11.5 Å². The Hall–Kier alpha value is -5.16. The summed E-state index contributed by atoms with van der Waals surface area (Å²) in [5.41, 5.74) is 6.14. The first-order valence-electron chi connectivity index (χ1n) is 12.6. The van der Waals surface area contributed by atoms with Gasteiger partial charge in [0.15, 0.2) is 17.3 Å². The van der Waals surface area contributed by atoms with Crippen LogP contribution in [-0.4, -0.2) is 11.7 Å². The highest BCUT2D eigenvalue weighted by atomic mass is 16.5. The van der Waals surface area contributed by atoms with E-state index in [9.17, 15) is 0 Å². The van der Waals surface area contributed by atoms with Crippen LogP contribution in [0.2, 0.25) is 0 Å². The summed E-state index contributed by atoms with van der Waals surface area (Å²) in [7, 11) is 0. The Bertz CT molecular complexity index is 1620. The second-order valence-corrected chi connectivity index (χ2v) is 9.16. The number of rotatable bonds is 4. The van der Waals surface area contributed by atoms with Crippen LogP contribution in [0.15, 0.2) is 143 Å². The predicted octanol–water partition coefficient (Wildman–Crippen LogP) is 7.76. The SMILES string of the molecule is c1ccc(C2=NC(c3ccccc3)NC(c3ccc(N4c5ccccc5Oc5ccccc54)cc3)=N2)cc1. The number of hydrogen-bond acceptors (Lipinski definition) is 5. The van der Waals surface area contributed by atoms with Crippen LogP contribution in [0, 0.1) is 0 Å². The fourth-order valence-corrected chi connectivity index (χ4v) is 4.87. The summed E-state index contributed by atoms with van der Waals surface area (Å²) in [6, 6.07) is 45.1. The lowest BCUT2D eigenvalue weighted by atomic mass is 10.1. The van der Waals surface area contributed by atoms with E-state index in [2.05, 4.69) is 58.7 Å². The highest BCUT2D eigenvalue weighted by Crippen LogP contribution is 2.49. The summed E-state index contributed by atoms with van der Waals surface area (Å²) < 4.78 is 6.17. The minimum Gasteiger partial charge on any atom is -0.453 e. The fourth-order valence-electron chi connectivity index (χ4n) is 4.87. The highest BCUT2D eigenvalue weighted by molar-refractivity contribution is 6.13. The summed E-state index contributed by atoms with van der Waals surface area (Å²) >= 11 is 0. The molecule has 0 amide bonds. The van der Waals surface area contributed by atoms with Gasteiger partial charge in [-0.25, -0.2) is 9.98 Å². The van der Waals surface area contributed by atoms with Crippen molar-refractivity contribution in [3.8, 4) is 11.5 Å². The Morgan fingerprint density at radius 1 is 0.579 bits per heavy atom. The molecule has 5 aromatic rings. The van der Waals surface area contributed by atoms with Gasteiger partial charge in [0.05, 0.1) is 11.4 Å². The Morgan fingerprint density at radius 3 is 1.82 bits per heavy atom. The molecule has 0 fully saturated rings. The molecule has 5 aromatic carbocycles. The summed E-state index contributed by atoms with van der Waals surface area (Å²) in [6.07, 6.45) is -0.225. The molecule has 1 unspecified atom stereocenters. The first-order chi connectivity index (χ1) is 18.8. The third kappa shape index (κ3) is 4.00. The lowest BCUT2D eigenvalue weighted by molar-refractivity contribution is 0.477. The van der Waals surface area contributed by atoms with Gasteiger partial charge in [0.2, 0.25) is 0 Å². The van der Waals surface area contributed by atoms with Gasteiger partial charge in [-0.1, -0.05) is 84.9 Å². The minimum atomic E-state index is -0.225. The van der Waals surface area contributed by atoms with Crippen molar-refractivity contribution in [3.05, 3.63) is 150 Å². The van der Waals surface area contributed by atoms with E-state index in [0.29, 0.717) is 5.84 Å². The topological polar surface area (TPSA) is 49.2 Å². The maximum absolute atomic E-state index is 6.17. The lowest BCUT2D eigenvalue weighted by Gasteiger charge is -2.32. The fraction of sp³-hybridized carbons (Fsp3) is 0.0303. The van der Waals surface area contributed by atoms with E-state index < -0.39 is 0 Å². The molecule has 2 aliphatic rings. The zero-order chi connectivity index (χ0) is 25.3. The molecule has 2 heterocycles. The van der Waals surface area contributed by atoms with Crippen molar-refractivity contribution in [2.45, 2.75) is 6.17 Å². The number of nitrogens with zero attached hydrogens (tertiary/aromatic N) is 3. The van der Waals surface area contributed by atoms with Crippen molar-refractivity contribution >= 4 is 28.7 Å². The number of amidine groups is 2. The first-order valence-corrected chi connectivity index (χ1v) is 12.6. The molecule has 0 aromatic heterocycles. The molecule has 182 valence electrons. The quantitative estimate of drug-likeness (QED) is 0.274. The van der Waals surface area contributed by atoms with Crippen LogP contribution in [-0.2, 0) is 0 Å². The van der Waals surface area contributed by atoms with Crippen molar-refractivity contribution in [1.82, 2.24) is 5.32 Å². The van der Waals surface area contributed by atoms with E-state index in [1.54, 1.807) is 0 Å². The standard InChI is InChI=1S/C33H24N4O/c1-3-11-23(12-4-1)31-34-32(24-13-5-2-6-14-24)36-33(35-31)25-19-21-26(22-20-25)37-27-15-7-9-17-29(27)38-30-18-10-8-16-28(30)37/h1-22,31H,(H,34,35,36). The van der Waals surface area contributed by atoms with Crippen LogP contribution < -0.4 is 15.0 Å². The molecule has 1 atom stereocenters. The monoisotopic (exact) mass is 492 g/mol. The molecule has 1 N–H and O–H groups in total. The molecule has 0 saturated carbocycles. The molecule has 7 rings (SSSR count). The van der Waals surface area contributed by atoms with E-state index in [1.807, 2.05) is 84.9 Å². The Morgan fingerprint density at radius 2 is 1.16 bits per heavy atom. The number of para-hydroxylation sites is 4. The zero-order valence-corrected chi connectivity index (χ0v) is 20.5. The molecule has 0 aliphatic carbocycles. The number of benzene rings is 5. The largest absolute Gasteiger partial charge is 0.453 e. The van der Waals surface area contributed by atoms with Gasteiger partial charge in [0.25, 0.3) is 0 Å². The number of fused-ring (bicyclic) bond motifs is 2. The first kappa shape index (κ1) is 22.1. The van der Waals surface area contributed by atoms with Gasteiger partial charge in [-0.2, -0.15) is 0 Å². The zero-order valence-electron chi connectivity index (χ0n) is 20.5. The van der Waals surface area contributed by atoms with Crippen molar-refractivity contribution in [2.24, 2.45) is 9.98 Å². The molecule has 5 heteroatoms. The van der Waals surface area contributed by atoms with E-state index in [-0.39, 0.29) is 6.17 Å². The average Bonchev–Trinajstić information content (AvgIpc) is 3.00. The van der Waals surface area contributed by atoms with Crippen molar-refractivity contribution < 1.29 is 4.74 Å². The summed E-state index contributed by atoms with van der Waals surface area (Å²) in [5.74, 6) is 3.18. The van der Waals surface area contributed by atoms with Gasteiger partial charge >= 0.3 is 0 Å². The van der Waals surface area contributed by atoms with Crippen LogP contribution in [0.25, 0.3) is 0 Å². The second kappa shape index (κ2) is 9.37. The van der Waals surface area contributed by atoms with Crippen LogP contribution in [0.4, 0.5) is 17.1 Å². The highest BCUT2D eigenvalue weighted by Gasteiger charge is 2.26. The second-order valence-electron chi connectivity index (χ2n) is 9.16. The van der Waals surface area contributed by atoms with Gasteiger partial charge in [0, 0.05) is 16.8 Å². The number of aliphatic imine (C=N–C) groups is 2. The van der Waals surface area contributed by atoms with Crippen molar-refractivity contribution in [3.63, 3.8) is 0 Å². The van der Waals surface area contributed by atoms with E-state index in [1.165, 1.54) is 0 Å². The van der Waals surface area contributed by atoms with E-state index >= 15 is 0 Å². The molecule has 5 nitrogen and oxygen atoms in total. The van der Waals surface area contributed by atoms with Crippen LogP contribution >= 0.6 is 0 Å². The van der Waals surface area contributed by atoms with Gasteiger partial charge in [-0.05, 0) is 54.1 Å². The maximum Gasteiger partial charge on any atom is 0.159 e. The Balaban J connectivity index is 1.27. The normalized spacial score (nSPS) is 15.8. The Kier molecular flexibility index (Phi) is 5.44. The summed E-state index contributed by atoms with van der Waals surface area (Å²) in [4.78, 5) is 12.1. The molecule has 0 bridgehead atoms. The Labute approximate surface area is 221 Å². The number of anilines is 3. The molecule has 0 radical (unpaired) electrons. The molecular formula is C33H24N4O. The van der Waals surface area contributed by atoms with Gasteiger partial charge < -0.3 is 15.0 Å². The van der Waals surface area contributed by atoms with E-state index in [0.717, 1.165) is 51.1 Å². The maximum atomic E-state index is 6.17. The molecule has 38 heavy (non-hydrogen) atoms. The average molecular weight is 493 g/mol. The van der Waals surface area contributed by atoms with Crippen LogP contribution in [0.3, 0.4) is 0 Å². The van der Waals surface area contributed by atoms with Gasteiger partial charge in [0.1, 0.15) is 12.0 Å².